The van der Waals surface area contributed by atoms with E-state index in [2.05, 4.69) is 19.2 Å². The van der Waals surface area contributed by atoms with E-state index < -0.39 is 5.41 Å². The Morgan fingerprint density at radius 1 is 1.08 bits per heavy atom. The van der Waals surface area contributed by atoms with Crippen molar-refractivity contribution < 1.29 is 9.59 Å². The molecule has 0 aromatic heterocycles. The molecule has 26 heavy (non-hydrogen) atoms. The van der Waals surface area contributed by atoms with Crippen LogP contribution in [0.5, 0.6) is 0 Å². The molecule has 2 aromatic rings. The largest absolute Gasteiger partial charge is 0.325 e. The Labute approximate surface area is 158 Å². The molecule has 134 valence electrons. The zero-order valence-corrected chi connectivity index (χ0v) is 15.7. The summed E-state index contributed by atoms with van der Waals surface area (Å²) in [6.45, 7) is 4.21. The number of benzene rings is 2. The van der Waals surface area contributed by atoms with Gasteiger partial charge in [0.15, 0.2) is 0 Å². The van der Waals surface area contributed by atoms with E-state index in [1.807, 2.05) is 48.5 Å². The van der Waals surface area contributed by atoms with Crippen molar-refractivity contribution in [3.05, 3.63) is 64.7 Å². The van der Waals surface area contributed by atoms with Crippen LogP contribution in [0.4, 0.5) is 5.69 Å². The maximum absolute atomic E-state index is 13.4. The van der Waals surface area contributed by atoms with Gasteiger partial charge < -0.3 is 5.32 Å². The van der Waals surface area contributed by atoms with Crippen LogP contribution in [0.2, 0.25) is 5.02 Å². The molecule has 0 unspecified atom stereocenters. The fourth-order valence-electron chi connectivity index (χ4n) is 5.02. The number of Topliss-reactive ketones (excluding diaryl/α,β-unsaturated/α-hetero) is 1. The maximum atomic E-state index is 13.4. The number of fused-ring (bicyclic) bond motifs is 2. The molecule has 1 heterocycles. The van der Waals surface area contributed by atoms with Crippen LogP contribution < -0.4 is 5.32 Å². The van der Waals surface area contributed by atoms with Crippen LogP contribution in [0.15, 0.2) is 48.5 Å². The highest BCUT2D eigenvalue weighted by Gasteiger charge is 2.60. The summed E-state index contributed by atoms with van der Waals surface area (Å²) in [5.74, 6) is 0.180. The van der Waals surface area contributed by atoms with Crippen molar-refractivity contribution in [2.24, 2.45) is 11.8 Å². The van der Waals surface area contributed by atoms with Crippen LogP contribution in [0.3, 0.4) is 0 Å². The summed E-state index contributed by atoms with van der Waals surface area (Å²) in [6, 6.07) is 15.5. The predicted octanol–water partition coefficient (Wildman–Crippen LogP) is 4.95. The highest BCUT2D eigenvalue weighted by atomic mass is 35.5. The molecule has 1 saturated carbocycles. The van der Waals surface area contributed by atoms with Gasteiger partial charge in [0.05, 0.1) is 5.41 Å². The third kappa shape index (κ3) is 2.41. The molecule has 1 aliphatic carbocycles. The number of amides is 1. The minimum Gasteiger partial charge on any atom is -0.325 e. The van der Waals surface area contributed by atoms with Crippen LogP contribution in [0.1, 0.15) is 43.7 Å². The Kier molecular flexibility index (Phi) is 4.15. The summed E-state index contributed by atoms with van der Waals surface area (Å²) in [4.78, 5) is 26.1. The second kappa shape index (κ2) is 6.24. The van der Waals surface area contributed by atoms with E-state index in [0.717, 1.165) is 16.8 Å². The first-order chi connectivity index (χ1) is 12.4. The topological polar surface area (TPSA) is 46.2 Å². The Hall–Kier alpha value is -2.13. The van der Waals surface area contributed by atoms with E-state index in [4.69, 9.17) is 11.6 Å². The normalized spacial score (nSPS) is 27.7. The van der Waals surface area contributed by atoms with Gasteiger partial charge in [0.25, 0.3) is 0 Å². The molecule has 3 atom stereocenters. The molecule has 2 aromatic carbocycles. The quantitative estimate of drug-likeness (QED) is 0.816. The van der Waals surface area contributed by atoms with Crippen LogP contribution in [0.25, 0.3) is 0 Å². The summed E-state index contributed by atoms with van der Waals surface area (Å²) in [7, 11) is 0. The third-order valence-corrected chi connectivity index (χ3v) is 6.30. The lowest BCUT2D eigenvalue weighted by molar-refractivity contribution is -0.132. The zero-order valence-electron chi connectivity index (χ0n) is 15.0. The first-order valence-electron chi connectivity index (χ1n) is 9.12. The number of carbonyl (C=O) groups is 2. The number of rotatable bonds is 2. The summed E-state index contributed by atoms with van der Waals surface area (Å²) >= 11 is 6.25. The number of ketones is 1. The Morgan fingerprint density at radius 3 is 2.58 bits per heavy atom. The maximum Gasteiger partial charge on any atom is 0.236 e. The van der Waals surface area contributed by atoms with Gasteiger partial charge in [-0.1, -0.05) is 55.8 Å². The Balaban J connectivity index is 1.99. The summed E-state index contributed by atoms with van der Waals surface area (Å²) in [6.07, 6.45) is 0.807. The van der Waals surface area contributed by atoms with Gasteiger partial charge in [-0.3, -0.25) is 9.59 Å². The molecular formula is C22H22ClNO2. The van der Waals surface area contributed by atoms with Crippen LogP contribution in [-0.2, 0) is 15.0 Å². The van der Waals surface area contributed by atoms with Gasteiger partial charge in [0, 0.05) is 29.5 Å². The number of halogens is 1. The lowest BCUT2D eigenvalue weighted by Crippen LogP contribution is -2.53. The minimum absolute atomic E-state index is 0.00914. The van der Waals surface area contributed by atoms with E-state index in [1.54, 1.807) is 0 Å². The van der Waals surface area contributed by atoms with E-state index >= 15 is 0 Å². The average Bonchev–Trinajstić information content (AvgIpc) is 2.89. The van der Waals surface area contributed by atoms with Gasteiger partial charge in [-0.05, 0) is 41.2 Å². The lowest BCUT2D eigenvalue weighted by atomic mass is 9.53. The standard InChI is InChI=1S/C22H22ClNO2/c1-13(2)18-11-16(25)12-19(14-6-5-7-15(23)10-14)22(18)17-8-3-4-9-20(17)24-21(22)26/h3-10,13,18-19H,11-12H2,1-2H3,(H,24,26)/t18-,19-,22-/m0/s1. The fourth-order valence-corrected chi connectivity index (χ4v) is 5.22. The van der Waals surface area contributed by atoms with E-state index in [1.165, 1.54) is 0 Å². The smallest absolute Gasteiger partial charge is 0.236 e. The van der Waals surface area contributed by atoms with Crippen molar-refractivity contribution in [1.29, 1.82) is 0 Å². The monoisotopic (exact) mass is 367 g/mol. The number of anilines is 1. The van der Waals surface area contributed by atoms with E-state index in [0.29, 0.717) is 17.9 Å². The fraction of sp³-hybridized carbons (Fsp3) is 0.364. The highest BCUT2D eigenvalue weighted by molar-refractivity contribution is 6.30. The molecule has 1 aliphatic heterocycles. The number of nitrogens with one attached hydrogen (secondary N) is 1. The molecule has 1 N–H and O–H groups in total. The first kappa shape index (κ1) is 17.3. The second-order valence-corrected chi connectivity index (χ2v) is 8.21. The van der Waals surface area contributed by atoms with Gasteiger partial charge in [0.1, 0.15) is 5.78 Å². The number of carbonyl (C=O) groups excluding carboxylic acids is 2. The molecule has 1 fully saturated rings. The van der Waals surface area contributed by atoms with Crippen molar-refractivity contribution in [1.82, 2.24) is 0 Å². The molecule has 0 radical (unpaired) electrons. The Morgan fingerprint density at radius 2 is 1.85 bits per heavy atom. The van der Waals surface area contributed by atoms with E-state index in [9.17, 15) is 9.59 Å². The molecule has 0 saturated heterocycles. The molecule has 1 amide bonds. The third-order valence-electron chi connectivity index (χ3n) is 6.07. The predicted molar refractivity (Wildman–Crippen MR) is 104 cm³/mol. The number of hydrogen-bond acceptors (Lipinski definition) is 2. The van der Waals surface area contributed by atoms with Crippen LogP contribution >= 0.6 is 11.6 Å². The van der Waals surface area contributed by atoms with Crippen molar-refractivity contribution >= 4 is 29.0 Å². The van der Waals surface area contributed by atoms with Gasteiger partial charge in [0.2, 0.25) is 5.91 Å². The van der Waals surface area contributed by atoms with Crippen molar-refractivity contribution in [3.8, 4) is 0 Å². The van der Waals surface area contributed by atoms with Crippen LogP contribution in [-0.4, -0.2) is 11.7 Å². The molecule has 4 heteroatoms. The summed E-state index contributed by atoms with van der Waals surface area (Å²) in [5, 5.41) is 3.72. The zero-order chi connectivity index (χ0) is 18.5. The van der Waals surface area contributed by atoms with Crippen molar-refractivity contribution in [2.45, 2.75) is 38.0 Å². The molecule has 2 aliphatic rings. The molecule has 3 nitrogen and oxygen atoms in total. The summed E-state index contributed by atoms with van der Waals surface area (Å²) in [5.41, 5.74) is 2.11. The number of hydrogen-bond donors (Lipinski definition) is 1. The van der Waals surface area contributed by atoms with Gasteiger partial charge in [-0.2, -0.15) is 0 Å². The van der Waals surface area contributed by atoms with E-state index in [-0.39, 0.29) is 29.4 Å². The first-order valence-corrected chi connectivity index (χ1v) is 9.50. The minimum atomic E-state index is -0.733. The van der Waals surface area contributed by atoms with Gasteiger partial charge >= 0.3 is 0 Å². The van der Waals surface area contributed by atoms with Crippen molar-refractivity contribution in [2.75, 3.05) is 5.32 Å². The molecular weight excluding hydrogens is 346 g/mol. The second-order valence-electron chi connectivity index (χ2n) is 7.77. The Bertz CT molecular complexity index is 891. The average molecular weight is 368 g/mol. The lowest BCUT2D eigenvalue weighted by Gasteiger charge is -2.47. The molecule has 4 rings (SSSR count). The van der Waals surface area contributed by atoms with Crippen LogP contribution in [0, 0.1) is 11.8 Å². The highest BCUT2D eigenvalue weighted by Crippen LogP contribution is 2.58. The molecule has 1 spiro atoms. The SMILES string of the molecule is CC(C)[C@@H]1CC(=O)C[C@@H](c2cccc(Cl)c2)[C@@]12C(=O)Nc1ccccc12. The van der Waals surface area contributed by atoms with Gasteiger partial charge in [-0.25, -0.2) is 0 Å². The van der Waals surface area contributed by atoms with Crippen molar-refractivity contribution in [3.63, 3.8) is 0 Å². The summed E-state index contributed by atoms with van der Waals surface area (Å²) < 4.78 is 0. The van der Waals surface area contributed by atoms with Gasteiger partial charge in [-0.15, -0.1) is 0 Å². The molecule has 0 bridgehead atoms. The number of para-hydroxylation sites is 1.